The smallest absolute Gasteiger partial charge is 0.257 e. The van der Waals surface area contributed by atoms with Gasteiger partial charge in [-0.2, -0.15) is 0 Å². The van der Waals surface area contributed by atoms with Crippen molar-refractivity contribution in [3.63, 3.8) is 0 Å². The number of thioether (sulfide) groups is 1. The zero-order chi connectivity index (χ0) is 16.5. The molecule has 0 bridgehead atoms. The number of nitrogens with one attached hydrogen (secondary N) is 1. The maximum atomic E-state index is 11.8. The topological polar surface area (TPSA) is 55.4 Å². The second-order valence-corrected chi connectivity index (χ2v) is 6.68. The molecule has 0 saturated carbocycles. The van der Waals surface area contributed by atoms with Crippen molar-refractivity contribution in [1.29, 1.82) is 0 Å². The molecule has 2 aromatic carbocycles. The van der Waals surface area contributed by atoms with Crippen LogP contribution in [0.5, 0.6) is 5.75 Å². The second kappa shape index (κ2) is 9.37. The first kappa shape index (κ1) is 17.6. The largest absolute Gasteiger partial charge is 0.483 e. The third kappa shape index (κ3) is 6.08. The maximum absolute atomic E-state index is 11.8. The molecular weight excluding hydrogens is 378 g/mol. The summed E-state index contributed by atoms with van der Waals surface area (Å²) in [6.45, 7) is 0.446. The molecule has 4 nitrogen and oxygen atoms in total. The molecule has 6 heteroatoms. The van der Waals surface area contributed by atoms with Crippen LogP contribution in [-0.2, 0) is 4.79 Å². The van der Waals surface area contributed by atoms with Gasteiger partial charge in [0.2, 0.25) is 0 Å². The van der Waals surface area contributed by atoms with Crippen LogP contribution in [0.2, 0.25) is 0 Å². The van der Waals surface area contributed by atoms with Gasteiger partial charge in [0.05, 0.1) is 5.56 Å². The summed E-state index contributed by atoms with van der Waals surface area (Å²) in [5.74, 6) is 0.976. The number of hydrogen-bond donors (Lipinski definition) is 1. The van der Waals surface area contributed by atoms with Crippen LogP contribution in [-0.4, -0.2) is 31.1 Å². The van der Waals surface area contributed by atoms with Gasteiger partial charge in [-0.15, -0.1) is 11.8 Å². The van der Waals surface area contributed by atoms with Crippen molar-refractivity contribution in [1.82, 2.24) is 5.32 Å². The molecule has 0 aromatic heterocycles. The van der Waals surface area contributed by atoms with E-state index in [2.05, 4.69) is 21.2 Å². The third-order valence-electron chi connectivity index (χ3n) is 2.89. The van der Waals surface area contributed by atoms with E-state index in [1.165, 1.54) is 4.90 Å². The first-order valence-electron chi connectivity index (χ1n) is 7.01. The Hall–Kier alpha value is -1.79. The second-order valence-electron chi connectivity index (χ2n) is 4.60. The summed E-state index contributed by atoms with van der Waals surface area (Å²) in [5, 5.41) is 2.79. The molecule has 2 rings (SSSR count). The van der Waals surface area contributed by atoms with Crippen LogP contribution in [0.1, 0.15) is 10.4 Å². The van der Waals surface area contributed by atoms with Crippen molar-refractivity contribution in [2.75, 3.05) is 18.9 Å². The average molecular weight is 394 g/mol. The van der Waals surface area contributed by atoms with E-state index < -0.39 is 0 Å². The lowest BCUT2D eigenvalue weighted by Gasteiger charge is -2.09. The molecule has 0 radical (unpaired) electrons. The lowest BCUT2D eigenvalue weighted by molar-refractivity contribution is -0.122. The van der Waals surface area contributed by atoms with Gasteiger partial charge in [0.25, 0.3) is 5.91 Å². The maximum Gasteiger partial charge on any atom is 0.257 e. The number of aldehydes is 1. The fourth-order valence-electron chi connectivity index (χ4n) is 1.81. The Morgan fingerprint density at radius 2 is 2.00 bits per heavy atom. The molecule has 0 unspecified atom stereocenters. The Balaban J connectivity index is 1.70. The van der Waals surface area contributed by atoms with E-state index in [-0.39, 0.29) is 12.5 Å². The molecule has 0 spiro atoms. The average Bonchev–Trinajstić information content (AvgIpc) is 2.58. The molecule has 0 atom stereocenters. The van der Waals surface area contributed by atoms with Crippen molar-refractivity contribution in [3.8, 4) is 5.75 Å². The summed E-state index contributed by atoms with van der Waals surface area (Å²) in [5.41, 5.74) is 0.409. The molecule has 1 amide bonds. The molecule has 0 heterocycles. The van der Waals surface area contributed by atoms with Crippen molar-refractivity contribution in [3.05, 3.63) is 58.6 Å². The molecule has 0 saturated heterocycles. The van der Waals surface area contributed by atoms with Crippen molar-refractivity contribution >= 4 is 39.9 Å². The van der Waals surface area contributed by atoms with Crippen molar-refractivity contribution in [2.24, 2.45) is 0 Å². The number of hydrogen-bond acceptors (Lipinski definition) is 4. The van der Waals surface area contributed by atoms with E-state index >= 15 is 0 Å². The normalized spacial score (nSPS) is 10.1. The van der Waals surface area contributed by atoms with Gasteiger partial charge in [-0.05, 0) is 30.3 Å². The molecule has 2 aromatic rings. The lowest BCUT2D eigenvalue weighted by atomic mass is 10.2. The summed E-state index contributed by atoms with van der Waals surface area (Å²) in [7, 11) is 0. The van der Waals surface area contributed by atoms with Gasteiger partial charge in [0.1, 0.15) is 5.75 Å². The van der Waals surface area contributed by atoms with Crippen LogP contribution in [0, 0.1) is 0 Å². The highest BCUT2D eigenvalue weighted by Crippen LogP contribution is 2.21. The predicted octanol–water partition coefficient (Wildman–Crippen LogP) is 3.55. The van der Waals surface area contributed by atoms with Crippen LogP contribution in [0.25, 0.3) is 0 Å². The number of carbonyl (C=O) groups is 2. The highest BCUT2D eigenvalue weighted by atomic mass is 79.9. The standard InChI is InChI=1S/C17H16BrNO3S/c18-14-6-7-16(13(10-14)11-20)22-12-17(21)19-8-9-23-15-4-2-1-3-5-15/h1-7,10-11H,8-9,12H2,(H,19,21). The minimum absolute atomic E-state index is 0.113. The number of amides is 1. The fraction of sp³-hybridized carbons (Fsp3) is 0.176. The first-order valence-corrected chi connectivity index (χ1v) is 8.79. The van der Waals surface area contributed by atoms with Gasteiger partial charge in [-0.3, -0.25) is 9.59 Å². The highest BCUT2D eigenvalue weighted by molar-refractivity contribution is 9.10. The van der Waals surface area contributed by atoms with Crippen LogP contribution in [0.4, 0.5) is 0 Å². The number of rotatable bonds is 8. The molecular formula is C17H16BrNO3S. The minimum Gasteiger partial charge on any atom is -0.483 e. The monoisotopic (exact) mass is 393 g/mol. The third-order valence-corrected chi connectivity index (χ3v) is 4.40. The van der Waals surface area contributed by atoms with E-state index in [1.54, 1.807) is 30.0 Å². The molecule has 0 aliphatic carbocycles. The number of halogens is 1. The molecule has 120 valence electrons. The molecule has 0 aliphatic heterocycles. The molecule has 1 N–H and O–H groups in total. The first-order chi connectivity index (χ1) is 11.2. The summed E-state index contributed by atoms with van der Waals surface area (Å²) >= 11 is 4.96. The van der Waals surface area contributed by atoms with Gasteiger partial charge in [-0.1, -0.05) is 34.1 Å². The van der Waals surface area contributed by atoms with E-state index in [0.29, 0.717) is 24.1 Å². The van der Waals surface area contributed by atoms with Crippen LogP contribution < -0.4 is 10.1 Å². The Kier molecular flexibility index (Phi) is 7.16. The summed E-state index contributed by atoms with van der Waals surface area (Å²) in [4.78, 5) is 23.9. The van der Waals surface area contributed by atoms with Crippen LogP contribution >= 0.6 is 27.7 Å². The fourth-order valence-corrected chi connectivity index (χ4v) is 2.98. The Morgan fingerprint density at radius 1 is 1.22 bits per heavy atom. The van der Waals surface area contributed by atoms with Gasteiger partial charge >= 0.3 is 0 Å². The Labute approximate surface area is 147 Å². The number of benzene rings is 2. The van der Waals surface area contributed by atoms with Gasteiger partial charge < -0.3 is 10.1 Å². The summed E-state index contributed by atoms with van der Waals surface area (Å²) in [6, 6.07) is 15.1. The minimum atomic E-state index is -0.210. The van der Waals surface area contributed by atoms with E-state index in [9.17, 15) is 9.59 Å². The van der Waals surface area contributed by atoms with Gasteiger partial charge in [-0.25, -0.2) is 0 Å². The number of carbonyl (C=O) groups excluding carboxylic acids is 2. The lowest BCUT2D eigenvalue weighted by Crippen LogP contribution is -2.30. The highest BCUT2D eigenvalue weighted by Gasteiger charge is 2.07. The van der Waals surface area contributed by atoms with Crippen molar-refractivity contribution < 1.29 is 14.3 Å². The molecule has 0 aliphatic rings. The van der Waals surface area contributed by atoms with Crippen LogP contribution in [0.15, 0.2) is 57.9 Å². The zero-order valence-electron chi connectivity index (χ0n) is 12.3. The number of ether oxygens (including phenoxy) is 1. The quantitative estimate of drug-likeness (QED) is 0.423. The van der Waals surface area contributed by atoms with Gasteiger partial charge in [0.15, 0.2) is 12.9 Å². The van der Waals surface area contributed by atoms with E-state index in [0.717, 1.165) is 10.2 Å². The Morgan fingerprint density at radius 3 is 2.74 bits per heavy atom. The van der Waals surface area contributed by atoms with Gasteiger partial charge in [0, 0.05) is 21.7 Å². The Bertz CT molecular complexity index is 664. The van der Waals surface area contributed by atoms with Crippen molar-refractivity contribution in [2.45, 2.75) is 4.90 Å². The van der Waals surface area contributed by atoms with E-state index in [1.807, 2.05) is 30.3 Å². The predicted molar refractivity (Wildman–Crippen MR) is 95.2 cm³/mol. The molecule has 0 fully saturated rings. The van der Waals surface area contributed by atoms with Crippen LogP contribution in [0.3, 0.4) is 0 Å². The molecule has 23 heavy (non-hydrogen) atoms. The van der Waals surface area contributed by atoms with E-state index in [4.69, 9.17) is 4.74 Å². The summed E-state index contributed by atoms with van der Waals surface area (Å²) in [6.07, 6.45) is 0.703. The zero-order valence-corrected chi connectivity index (χ0v) is 14.7. The SMILES string of the molecule is O=Cc1cc(Br)ccc1OCC(=O)NCCSc1ccccc1. The summed E-state index contributed by atoms with van der Waals surface area (Å²) < 4.78 is 6.18.